The molecule has 5 heteroatoms. The minimum Gasteiger partial charge on any atom is -0.538 e. The summed E-state index contributed by atoms with van der Waals surface area (Å²) in [5, 5.41) is 8.50. The number of pyridine rings is 1. The summed E-state index contributed by atoms with van der Waals surface area (Å²) < 4.78 is 6.71. The topological polar surface area (TPSA) is 46.8 Å². The molecule has 0 atom stereocenters. The number of fused-ring (bicyclic) bond motifs is 1. The summed E-state index contributed by atoms with van der Waals surface area (Å²) in [5.74, 6) is 0.628. The number of aromatic nitrogens is 2. The molecule has 0 fully saturated rings. The molecule has 2 heterocycles. The number of nitrogens with zero attached hydrogens (tertiary/aromatic N) is 2. The van der Waals surface area contributed by atoms with Gasteiger partial charge in [-0.3, -0.25) is 0 Å². The highest BCUT2D eigenvalue weighted by molar-refractivity contribution is 6.17. The third-order valence-corrected chi connectivity index (χ3v) is 1.59. The molecular weight excluding hydrogens is 155 g/mol. The second-order valence-corrected chi connectivity index (χ2v) is 2.33. The van der Waals surface area contributed by atoms with E-state index in [-0.39, 0.29) is 7.69 Å². The Kier molecular flexibility index (Phi) is 1.71. The maximum absolute atomic E-state index is 8.50. The molecule has 1 N–H and O–H groups in total. The molecule has 0 saturated carbocycles. The highest BCUT2D eigenvalue weighted by atomic mass is 16.5. The predicted octanol–water partition coefficient (Wildman–Crippen LogP) is -0.0281. The molecule has 0 unspecified atom stereocenters. The van der Waals surface area contributed by atoms with Crippen molar-refractivity contribution in [1.82, 2.24) is 9.38 Å². The van der Waals surface area contributed by atoms with Crippen LogP contribution in [0.3, 0.4) is 0 Å². The van der Waals surface area contributed by atoms with E-state index in [4.69, 9.17) is 9.68 Å². The molecule has 0 spiro atoms. The molecule has 12 heavy (non-hydrogen) atoms. The molecule has 2 aromatic heterocycles. The van der Waals surface area contributed by atoms with Crippen LogP contribution in [0.4, 0.5) is 0 Å². The molecule has 60 valence electrons. The van der Waals surface area contributed by atoms with E-state index < -0.39 is 0 Å². The molecular formula is C7H7BN2O2. The first-order valence-electron chi connectivity index (χ1n) is 3.56. The highest BCUT2D eigenvalue weighted by Crippen LogP contribution is 2.10. The van der Waals surface area contributed by atoms with Gasteiger partial charge in [-0.25, -0.2) is 4.98 Å². The molecule has 2 aromatic rings. The third-order valence-electron chi connectivity index (χ3n) is 1.59. The van der Waals surface area contributed by atoms with Gasteiger partial charge in [0.25, 0.3) is 0 Å². The monoisotopic (exact) mass is 162 g/mol. The standard InChI is InChI=1S/C7H7BN2O2/c11-8-12-6-1-2-7-9-3-4-10(7)5-6/h1-5,8,11H. The first-order valence-corrected chi connectivity index (χ1v) is 3.56. The summed E-state index contributed by atoms with van der Waals surface area (Å²) in [5.41, 5.74) is 0.861. The Morgan fingerprint density at radius 2 is 2.42 bits per heavy atom. The summed E-state index contributed by atoms with van der Waals surface area (Å²) in [6, 6.07) is 3.59. The van der Waals surface area contributed by atoms with E-state index in [1.54, 1.807) is 18.5 Å². The van der Waals surface area contributed by atoms with Gasteiger partial charge in [-0.1, -0.05) is 0 Å². The van der Waals surface area contributed by atoms with Gasteiger partial charge in [0.1, 0.15) is 11.4 Å². The van der Waals surface area contributed by atoms with Crippen molar-refractivity contribution < 1.29 is 9.68 Å². The van der Waals surface area contributed by atoms with Crippen LogP contribution in [-0.4, -0.2) is 22.1 Å². The zero-order valence-corrected chi connectivity index (χ0v) is 6.34. The fraction of sp³-hybridized carbons (Fsp3) is 0. The van der Waals surface area contributed by atoms with Gasteiger partial charge in [0.2, 0.25) is 0 Å². The van der Waals surface area contributed by atoms with Crippen molar-refractivity contribution in [2.24, 2.45) is 0 Å². The molecule has 0 aliphatic carbocycles. The van der Waals surface area contributed by atoms with E-state index in [0.717, 1.165) is 5.65 Å². The van der Waals surface area contributed by atoms with E-state index in [1.807, 2.05) is 16.7 Å². The van der Waals surface area contributed by atoms with Gasteiger partial charge in [-0.05, 0) is 12.1 Å². The quantitative estimate of drug-likeness (QED) is 0.630. The van der Waals surface area contributed by atoms with Crippen LogP contribution in [-0.2, 0) is 0 Å². The van der Waals surface area contributed by atoms with Gasteiger partial charge in [0, 0.05) is 12.4 Å². The van der Waals surface area contributed by atoms with Crippen molar-refractivity contribution in [2.45, 2.75) is 0 Å². The lowest BCUT2D eigenvalue weighted by Gasteiger charge is -2.01. The zero-order valence-electron chi connectivity index (χ0n) is 6.34. The maximum atomic E-state index is 8.50. The summed E-state index contributed by atoms with van der Waals surface area (Å²) in [6.07, 6.45) is 5.29. The Labute approximate surface area is 69.7 Å². The van der Waals surface area contributed by atoms with Crippen molar-refractivity contribution in [1.29, 1.82) is 0 Å². The molecule has 0 radical (unpaired) electrons. The number of imidazole rings is 1. The lowest BCUT2D eigenvalue weighted by Crippen LogP contribution is -2.00. The Balaban J connectivity index is 2.46. The minimum atomic E-state index is -0.305. The second-order valence-electron chi connectivity index (χ2n) is 2.33. The lowest BCUT2D eigenvalue weighted by molar-refractivity contribution is 0.452. The number of hydrogen-bond donors (Lipinski definition) is 1. The summed E-state index contributed by atoms with van der Waals surface area (Å²) in [4.78, 5) is 4.06. The molecule has 0 aromatic carbocycles. The highest BCUT2D eigenvalue weighted by Gasteiger charge is 1.96. The van der Waals surface area contributed by atoms with Crippen LogP contribution >= 0.6 is 0 Å². The van der Waals surface area contributed by atoms with E-state index >= 15 is 0 Å². The van der Waals surface area contributed by atoms with Crippen molar-refractivity contribution >= 4 is 13.3 Å². The van der Waals surface area contributed by atoms with E-state index in [9.17, 15) is 0 Å². The van der Waals surface area contributed by atoms with Crippen LogP contribution in [0.5, 0.6) is 5.75 Å². The smallest absolute Gasteiger partial charge is 0.504 e. The molecule has 4 nitrogen and oxygen atoms in total. The van der Waals surface area contributed by atoms with Crippen molar-refractivity contribution in [2.75, 3.05) is 0 Å². The number of rotatable bonds is 2. The van der Waals surface area contributed by atoms with Crippen LogP contribution in [0.1, 0.15) is 0 Å². The predicted molar refractivity (Wildman–Crippen MR) is 45.2 cm³/mol. The minimum absolute atomic E-state index is 0.305. The van der Waals surface area contributed by atoms with Gasteiger partial charge in [0.05, 0.1) is 6.20 Å². The molecule has 0 saturated heterocycles. The van der Waals surface area contributed by atoms with Crippen molar-refractivity contribution in [3.8, 4) is 5.75 Å². The summed E-state index contributed by atoms with van der Waals surface area (Å²) in [6.45, 7) is 0. The Bertz CT molecular complexity index is 388. The van der Waals surface area contributed by atoms with Gasteiger partial charge < -0.3 is 14.1 Å². The molecule has 2 rings (SSSR count). The normalized spacial score (nSPS) is 10.1. The van der Waals surface area contributed by atoms with Gasteiger partial charge >= 0.3 is 7.69 Å². The lowest BCUT2D eigenvalue weighted by atomic mass is 10.4. The van der Waals surface area contributed by atoms with Crippen LogP contribution < -0.4 is 4.65 Å². The fourth-order valence-corrected chi connectivity index (χ4v) is 1.06. The van der Waals surface area contributed by atoms with Crippen molar-refractivity contribution in [3.05, 3.63) is 30.7 Å². The fourth-order valence-electron chi connectivity index (χ4n) is 1.06. The average molecular weight is 162 g/mol. The molecule has 0 amide bonds. The average Bonchev–Trinajstić information content (AvgIpc) is 2.51. The third kappa shape index (κ3) is 1.14. The first-order chi connectivity index (χ1) is 5.90. The SMILES string of the molecule is OBOc1ccc2nccn2c1. The van der Waals surface area contributed by atoms with Crippen LogP contribution in [0.2, 0.25) is 0 Å². The van der Waals surface area contributed by atoms with Crippen LogP contribution in [0, 0.1) is 0 Å². The van der Waals surface area contributed by atoms with Gasteiger partial charge in [-0.2, -0.15) is 0 Å². The van der Waals surface area contributed by atoms with Gasteiger partial charge in [-0.15, -0.1) is 0 Å². The number of hydrogen-bond acceptors (Lipinski definition) is 3. The Hall–Kier alpha value is -1.49. The summed E-state index contributed by atoms with van der Waals surface area (Å²) in [7, 11) is -0.305. The van der Waals surface area contributed by atoms with E-state index in [1.165, 1.54) is 0 Å². The second kappa shape index (κ2) is 2.87. The first kappa shape index (κ1) is 7.18. The maximum Gasteiger partial charge on any atom is 0.504 e. The van der Waals surface area contributed by atoms with Crippen LogP contribution in [0.25, 0.3) is 5.65 Å². The Morgan fingerprint density at radius 1 is 1.50 bits per heavy atom. The van der Waals surface area contributed by atoms with Crippen molar-refractivity contribution in [3.63, 3.8) is 0 Å². The summed E-state index contributed by atoms with van der Waals surface area (Å²) >= 11 is 0. The molecule has 0 bridgehead atoms. The zero-order chi connectivity index (χ0) is 8.39. The van der Waals surface area contributed by atoms with E-state index in [2.05, 4.69) is 4.98 Å². The Morgan fingerprint density at radius 3 is 3.25 bits per heavy atom. The molecule has 0 aliphatic rings. The van der Waals surface area contributed by atoms with Crippen LogP contribution in [0.15, 0.2) is 30.7 Å². The van der Waals surface area contributed by atoms with E-state index in [0.29, 0.717) is 5.75 Å². The molecule has 0 aliphatic heterocycles. The largest absolute Gasteiger partial charge is 0.538 e. The van der Waals surface area contributed by atoms with Gasteiger partial charge in [0.15, 0.2) is 0 Å².